The molecule has 2 saturated carbocycles. The van der Waals surface area contributed by atoms with Crippen LogP contribution in [0.1, 0.15) is 70.3 Å². The van der Waals surface area contributed by atoms with Gasteiger partial charge in [0.15, 0.2) is 0 Å². The van der Waals surface area contributed by atoms with E-state index in [9.17, 15) is 5.11 Å². The van der Waals surface area contributed by atoms with Crippen LogP contribution in [0.5, 0.6) is 0 Å². The Balaban J connectivity index is 1.78. The van der Waals surface area contributed by atoms with Gasteiger partial charge < -0.3 is 5.11 Å². The molecule has 1 N–H and O–H groups in total. The van der Waals surface area contributed by atoms with Crippen LogP contribution in [0.15, 0.2) is 30.3 Å². The van der Waals surface area contributed by atoms with Crippen LogP contribution in [0.3, 0.4) is 0 Å². The van der Waals surface area contributed by atoms with Crippen molar-refractivity contribution in [2.24, 2.45) is 11.8 Å². The summed E-state index contributed by atoms with van der Waals surface area (Å²) in [7, 11) is 0. The summed E-state index contributed by atoms with van der Waals surface area (Å²) >= 11 is 0. The van der Waals surface area contributed by atoms with Gasteiger partial charge in [-0.25, -0.2) is 0 Å². The quantitative estimate of drug-likeness (QED) is 0.818. The lowest BCUT2D eigenvalue weighted by atomic mass is 9.66. The van der Waals surface area contributed by atoms with Gasteiger partial charge in [0, 0.05) is 5.41 Å². The molecular weight excluding hydrogens is 256 g/mol. The fraction of sp³-hybridized carbons (Fsp3) is 0.700. The molecule has 0 heterocycles. The average molecular weight is 286 g/mol. The Bertz CT molecular complexity index is 424. The van der Waals surface area contributed by atoms with Gasteiger partial charge in [0.1, 0.15) is 0 Å². The molecule has 0 radical (unpaired) electrons. The summed E-state index contributed by atoms with van der Waals surface area (Å²) in [5, 5.41) is 11.2. The molecule has 0 amide bonds. The van der Waals surface area contributed by atoms with E-state index >= 15 is 0 Å². The van der Waals surface area contributed by atoms with Crippen molar-refractivity contribution in [3.63, 3.8) is 0 Å². The van der Waals surface area contributed by atoms with Crippen LogP contribution in [0.4, 0.5) is 0 Å². The monoisotopic (exact) mass is 286 g/mol. The first kappa shape index (κ1) is 15.1. The van der Waals surface area contributed by atoms with E-state index in [1.807, 2.05) is 0 Å². The molecular formula is C20H30O. The Hall–Kier alpha value is -0.820. The molecule has 2 aliphatic carbocycles. The van der Waals surface area contributed by atoms with E-state index < -0.39 is 0 Å². The average Bonchev–Trinajstić information content (AvgIpc) is 3.06. The fourth-order valence-corrected chi connectivity index (χ4v) is 4.89. The summed E-state index contributed by atoms with van der Waals surface area (Å²) < 4.78 is 0. The molecule has 116 valence electrons. The largest absolute Gasteiger partial charge is 0.392 e. The lowest BCUT2D eigenvalue weighted by Crippen LogP contribution is -2.43. The van der Waals surface area contributed by atoms with Crippen molar-refractivity contribution in [3.05, 3.63) is 35.9 Å². The number of hydrogen-bond acceptors (Lipinski definition) is 1. The van der Waals surface area contributed by atoms with E-state index in [2.05, 4.69) is 37.3 Å². The van der Waals surface area contributed by atoms with E-state index in [0.29, 0.717) is 5.92 Å². The molecule has 1 atom stereocenters. The maximum Gasteiger partial charge on any atom is 0.0664 e. The third-order valence-corrected chi connectivity index (χ3v) is 6.33. The van der Waals surface area contributed by atoms with Crippen molar-refractivity contribution in [1.82, 2.24) is 0 Å². The van der Waals surface area contributed by atoms with E-state index in [1.165, 1.54) is 63.4 Å². The molecule has 1 heteroatoms. The van der Waals surface area contributed by atoms with Gasteiger partial charge in [0.2, 0.25) is 0 Å². The van der Waals surface area contributed by atoms with Crippen LogP contribution >= 0.6 is 0 Å². The van der Waals surface area contributed by atoms with Gasteiger partial charge in [-0.3, -0.25) is 0 Å². The summed E-state index contributed by atoms with van der Waals surface area (Å²) in [6.45, 7) is 2.31. The van der Waals surface area contributed by atoms with Gasteiger partial charge in [-0.15, -0.1) is 0 Å². The number of benzene rings is 1. The molecule has 1 aromatic carbocycles. The van der Waals surface area contributed by atoms with Gasteiger partial charge in [-0.05, 0) is 43.1 Å². The second kappa shape index (κ2) is 6.52. The summed E-state index contributed by atoms with van der Waals surface area (Å²) in [6.07, 6.45) is 11.2. The fourth-order valence-electron chi connectivity index (χ4n) is 4.89. The Labute approximate surface area is 129 Å². The molecule has 0 spiro atoms. The maximum absolute atomic E-state index is 11.2. The third-order valence-electron chi connectivity index (χ3n) is 6.33. The highest BCUT2D eigenvalue weighted by atomic mass is 16.3. The molecule has 3 rings (SSSR count). The smallest absolute Gasteiger partial charge is 0.0664 e. The van der Waals surface area contributed by atoms with Gasteiger partial charge >= 0.3 is 0 Å². The third kappa shape index (κ3) is 2.90. The van der Waals surface area contributed by atoms with Crippen molar-refractivity contribution < 1.29 is 5.11 Å². The first-order valence-electron chi connectivity index (χ1n) is 9.00. The van der Waals surface area contributed by atoms with Crippen molar-refractivity contribution in [3.8, 4) is 0 Å². The van der Waals surface area contributed by atoms with E-state index in [-0.39, 0.29) is 11.5 Å². The Morgan fingerprint density at radius 1 is 1.05 bits per heavy atom. The molecule has 0 saturated heterocycles. The standard InChI is InChI=1S/C20H30O/c1-2-16-10-12-17(13-11-16)19(21)20(14-6-7-15-20)18-8-4-3-5-9-18/h3-5,8-9,16-17,19,21H,2,6-7,10-15H2,1H3. The molecule has 1 nitrogen and oxygen atoms in total. The zero-order valence-electron chi connectivity index (χ0n) is 13.4. The van der Waals surface area contributed by atoms with E-state index in [0.717, 1.165) is 5.92 Å². The van der Waals surface area contributed by atoms with Crippen LogP contribution in [0, 0.1) is 11.8 Å². The lowest BCUT2D eigenvalue weighted by Gasteiger charge is -2.42. The Morgan fingerprint density at radius 2 is 1.67 bits per heavy atom. The molecule has 0 bridgehead atoms. The van der Waals surface area contributed by atoms with Crippen LogP contribution in [-0.2, 0) is 5.41 Å². The van der Waals surface area contributed by atoms with Gasteiger partial charge in [0.05, 0.1) is 6.10 Å². The maximum atomic E-state index is 11.2. The normalized spacial score (nSPS) is 30.2. The van der Waals surface area contributed by atoms with Crippen LogP contribution in [0.25, 0.3) is 0 Å². The minimum absolute atomic E-state index is 0.0466. The number of rotatable bonds is 4. The van der Waals surface area contributed by atoms with Crippen molar-refractivity contribution in [2.45, 2.75) is 76.2 Å². The number of aliphatic hydroxyl groups is 1. The van der Waals surface area contributed by atoms with Crippen molar-refractivity contribution in [2.75, 3.05) is 0 Å². The van der Waals surface area contributed by atoms with Gasteiger partial charge in [-0.2, -0.15) is 0 Å². The van der Waals surface area contributed by atoms with Crippen LogP contribution < -0.4 is 0 Å². The minimum Gasteiger partial charge on any atom is -0.392 e. The highest BCUT2D eigenvalue weighted by molar-refractivity contribution is 5.28. The van der Waals surface area contributed by atoms with E-state index in [4.69, 9.17) is 0 Å². The zero-order chi connectivity index (χ0) is 14.7. The van der Waals surface area contributed by atoms with Gasteiger partial charge in [-0.1, -0.05) is 69.4 Å². The Morgan fingerprint density at radius 3 is 2.24 bits per heavy atom. The SMILES string of the molecule is CCC1CCC(C(O)C2(c3ccccc3)CCCC2)CC1. The number of hydrogen-bond donors (Lipinski definition) is 1. The van der Waals surface area contributed by atoms with E-state index in [1.54, 1.807) is 0 Å². The predicted molar refractivity (Wildman–Crippen MR) is 88.3 cm³/mol. The second-order valence-corrected chi connectivity index (χ2v) is 7.36. The highest BCUT2D eigenvalue weighted by Crippen LogP contribution is 2.48. The number of aliphatic hydroxyl groups excluding tert-OH is 1. The predicted octanol–water partition coefficient (Wildman–Crippen LogP) is 5.08. The summed E-state index contributed by atoms with van der Waals surface area (Å²) in [5.74, 6) is 1.43. The van der Waals surface area contributed by atoms with Crippen molar-refractivity contribution >= 4 is 0 Å². The first-order valence-corrected chi connectivity index (χ1v) is 9.00. The summed E-state index contributed by atoms with van der Waals surface area (Å²) in [4.78, 5) is 0. The summed E-state index contributed by atoms with van der Waals surface area (Å²) in [5.41, 5.74) is 1.43. The lowest BCUT2D eigenvalue weighted by molar-refractivity contribution is 0.00759. The summed E-state index contributed by atoms with van der Waals surface area (Å²) in [6, 6.07) is 10.8. The second-order valence-electron chi connectivity index (χ2n) is 7.36. The molecule has 0 aromatic heterocycles. The topological polar surface area (TPSA) is 20.2 Å². The minimum atomic E-state index is -0.139. The van der Waals surface area contributed by atoms with Crippen LogP contribution in [-0.4, -0.2) is 11.2 Å². The Kier molecular flexibility index (Phi) is 4.69. The zero-order valence-corrected chi connectivity index (χ0v) is 13.4. The van der Waals surface area contributed by atoms with Crippen molar-refractivity contribution in [1.29, 1.82) is 0 Å². The molecule has 0 aliphatic heterocycles. The van der Waals surface area contributed by atoms with Crippen LogP contribution in [0.2, 0.25) is 0 Å². The first-order chi connectivity index (χ1) is 10.3. The molecule has 2 fully saturated rings. The highest BCUT2D eigenvalue weighted by Gasteiger charge is 2.45. The molecule has 1 aromatic rings. The molecule has 21 heavy (non-hydrogen) atoms. The van der Waals surface area contributed by atoms with Gasteiger partial charge in [0.25, 0.3) is 0 Å². The molecule has 1 unspecified atom stereocenters. The molecule has 2 aliphatic rings.